The number of methoxy groups -OCH3 is 1. The molecular weight excluding hydrogens is 623 g/mol. The molecule has 1 N–H and O–H groups in total. The van der Waals surface area contributed by atoms with Crippen molar-refractivity contribution in [1.29, 1.82) is 0 Å². The number of hydrogen-bond donors (Lipinski definition) is 1. The second kappa shape index (κ2) is 16.7. The molecule has 2 amide bonds. The lowest BCUT2D eigenvalue weighted by atomic mass is 9.95. The summed E-state index contributed by atoms with van der Waals surface area (Å²) in [6, 6.07) is 19.8. The lowest BCUT2D eigenvalue weighted by Crippen LogP contribution is -2.54. The molecule has 0 unspecified atom stereocenters. The average Bonchev–Trinajstić information content (AvgIpc) is 3.08. The molecule has 0 bridgehead atoms. The Bertz CT molecular complexity index is 1540. The van der Waals surface area contributed by atoms with Crippen LogP contribution in [-0.2, 0) is 26.2 Å². The lowest BCUT2D eigenvalue weighted by Gasteiger charge is -2.34. The summed E-state index contributed by atoms with van der Waals surface area (Å²) in [5.74, 6) is 0.488. The van der Waals surface area contributed by atoms with E-state index in [-0.39, 0.29) is 23.4 Å². The minimum atomic E-state index is -4.18. The van der Waals surface area contributed by atoms with Crippen LogP contribution in [0.4, 0.5) is 5.69 Å². The monoisotopic (exact) mass is 667 g/mol. The number of nitrogens with zero attached hydrogens (tertiary/aromatic N) is 2. The molecule has 0 saturated heterocycles. The zero-order valence-corrected chi connectivity index (χ0v) is 28.7. The number of benzene rings is 3. The quantitative estimate of drug-likeness (QED) is 0.191. The molecule has 9 nitrogen and oxygen atoms in total. The molecule has 0 radical (unpaired) electrons. The van der Waals surface area contributed by atoms with E-state index in [9.17, 15) is 18.0 Å². The molecule has 1 aliphatic rings. The minimum Gasteiger partial charge on any atom is -0.497 e. The Balaban J connectivity index is 1.72. The van der Waals surface area contributed by atoms with E-state index in [1.54, 1.807) is 55.6 Å². The summed E-state index contributed by atoms with van der Waals surface area (Å²) in [7, 11) is -2.61. The molecule has 0 aromatic heterocycles. The lowest BCUT2D eigenvalue weighted by molar-refractivity contribution is -0.140. The molecule has 3 aromatic carbocycles. The van der Waals surface area contributed by atoms with Crippen molar-refractivity contribution in [1.82, 2.24) is 10.2 Å². The summed E-state index contributed by atoms with van der Waals surface area (Å²) in [5.41, 5.74) is 1.08. The van der Waals surface area contributed by atoms with Crippen LogP contribution >= 0.6 is 11.8 Å². The third kappa shape index (κ3) is 8.97. The van der Waals surface area contributed by atoms with Gasteiger partial charge in [0.05, 0.1) is 24.3 Å². The molecule has 0 aliphatic heterocycles. The Morgan fingerprint density at radius 2 is 1.65 bits per heavy atom. The molecule has 11 heteroatoms. The summed E-state index contributed by atoms with van der Waals surface area (Å²) in [6.45, 7) is 3.80. The predicted octanol–water partition coefficient (Wildman–Crippen LogP) is 6.27. The van der Waals surface area contributed by atoms with Gasteiger partial charge >= 0.3 is 0 Å². The van der Waals surface area contributed by atoms with Crippen molar-refractivity contribution in [2.24, 2.45) is 0 Å². The third-order valence-corrected chi connectivity index (χ3v) is 10.7. The Hall–Kier alpha value is -3.70. The summed E-state index contributed by atoms with van der Waals surface area (Å²) in [5, 5.41) is 3.18. The number of amides is 2. The minimum absolute atomic E-state index is 0.0633. The molecule has 1 saturated carbocycles. The van der Waals surface area contributed by atoms with Gasteiger partial charge in [0.25, 0.3) is 10.0 Å². The van der Waals surface area contributed by atoms with Gasteiger partial charge in [-0.3, -0.25) is 13.9 Å². The molecule has 0 spiro atoms. The third-order valence-electron chi connectivity index (χ3n) is 8.19. The molecule has 1 atom stereocenters. The molecule has 248 valence electrons. The number of anilines is 1. The van der Waals surface area contributed by atoms with Gasteiger partial charge in [-0.05, 0) is 98.7 Å². The first kappa shape index (κ1) is 35.2. The molecular formula is C35H45N3O6S2. The van der Waals surface area contributed by atoms with Crippen LogP contribution in [0.25, 0.3) is 0 Å². The van der Waals surface area contributed by atoms with Crippen molar-refractivity contribution in [3.63, 3.8) is 0 Å². The largest absolute Gasteiger partial charge is 0.497 e. The van der Waals surface area contributed by atoms with Crippen LogP contribution in [-0.4, -0.2) is 63.7 Å². The van der Waals surface area contributed by atoms with Crippen molar-refractivity contribution >= 4 is 39.3 Å². The van der Waals surface area contributed by atoms with Gasteiger partial charge in [0.2, 0.25) is 11.8 Å². The van der Waals surface area contributed by atoms with Crippen molar-refractivity contribution in [2.45, 2.75) is 80.8 Å². The summed E-state index contributed by atoms with van der Waals surface area (Å²) >= 11 is 1.51. The van der Waals surface area contributed by atoms with Crippen LogP contribution in [0.5, 0.6) is 11.5 Å². The number of sulfonamides is 1. The van der Waals surface area contributed by atoms with Gasteiger partial charge in [-0.25, -0.2) is 8.42 Å². The number of ether oxygens (including phenoxy) is 2. The number of carbonyl (C=O) groups is 2. The van der Waals surface area contributed by atoms with Gasteiger partial charge in [0.1, 0.15) is 24.1 Å². The first-order chi connectivity index (χ1) is 22.2. The fraction of sp³-hybridized carbons (Fsp3) is 0.429. The fourth-order valence-corrected chi connectivity index (χ4v) is 7.53. The maximum Gasteiger partial charge on any atom is 0.264 e. The van der Waals surface area contributed by atoms with Gasteiger partial charge in [0, 0.05) is 17.5 Å². The van der Waals surface area contributed by atoms with E-state index in [0.717, 1.165) is 46.9 Å². The molecule has 1 fully saturated rings. The summed E-state index contributed by atoms with van der Waals surface area (Å²) in [6.07, 6.45) is 7.36. The van der Waals surface area contributed by atoms with E-state index in [1.807, 2.05) is 44.4 Å². The topological polar surface area (TPSA) is 105 Å². The van der Waals surface area contributed by atoms with Crippen LogP contribution in [0.15, 0.2) is 82.6 Å². The number of rotatable bonds is 15. The van der Waals surface area contributed by atoms with Crippen LogP contribution in [0.2, 0.25) is 0 Å². The van der Waals surface area contributed by atoms with Gasteiger partial charge in [-0.1, -0.05) is 38.3 Å². The molecule has 4 rings (SSSR count). The van der Waals surface area contributed by atoms with Crippen molar-refractivity contribution < 1.29 is 27.5 Å². The SMILES string of the molecule is CCOc1ccc(N(CC(=O)N(Cc2cccc(OC)c2)[C@@H](CC)C(=O)NC2CCCCC2)S(=O)(=O)c2ccc(SC)cc2)cc1. The van der Waals surface area contributed by atoms with E-state index in [1.165, 1.54) is 16.7 Å². The Labute approximate surface area is 277 Å². The van der Waals surface area contributed by atoms with Crippen molar-refractivity contribution in [3.05, 3.63) is 78.4 Å². The highest BCUT2D eigenvalue weighted by Crippen LogP contribution is 2.28. The van der Waals surface area contributed by atoms with E-state index < -0.39 is 28.5 Å². The van der Waals surface area contributed by atoms with Gasteiger partial charge < -0.3 is 19.7 Å². The van der Waals surface area contributed by atoms with Crippen molar-refractivity contribution in [2.75, 3.05) is 30.8 Å². The van der Waals surface area contributed by atoms with E-state index >= 15 is 0 Å². The zero-order valence-electron chi connectivity index (χ0n) is 27.1. The molecule has 0 heterocycles. The highest BCUT2D eigenvalue weighted by Gasteiger charge is 2.34. The summed E-state index contributed by atoms with van der Waals surface area (Å²) < 4.78 is 40.5. The van der Waals surface area contributed by atoms with Gasteiger partial charge in [-0.2, -0.15) is 0 Å². The normalized spacial score (nSPS) is 14.3. The highest BCUT2D eigenvalue weighted by atomic mass is 32.2. The maximum atomic E-state index is 14.4. The van der Waals surface area contributed by atoms with Crippen molar-refractivity contribution in [3.8, 4) is 11.5 Å². The Morgan fingerprint density at radius 1 is 0.957 bits per heavy atom. The number of carbonyl (C=O) groups excluding carboxylic acids is 2. The highest BCUT2D eigenvalue weighted by molar-refractivity contribution is 7.98. The second-order valence-corrected chi connectivity index (χ2v) is 14.0. The van der Waals surface area contributed by atoms with Crippen LogP contribution in [0.1, 0.15) is 57.9 Å². The Kier molecular flexibility index (Phi) is 12.8. The van der Waals surface area contributed by atoms with Crippen LogP contribution < -0.4 is 19.1 Å². The summed E-state index contributed by atoms with van der Waals surface area (Å²) in [4.78, 5) is 30.7. The van der Waals surface area contributed by atoms with Gasteiger partial charge in [-0.15, -0.1) is 11.8 Å². The van der Waals surface area contributed by atoms with E-state index in [4.69, 9.17) is 9.47 Å². The smallest absolute Gasteiger partial charge is 0.264 e. The van der Waals surface area contributed by atoms with Gasteiger partial charge in [0.15, 0.2) is 0 Å². The van der Waals surface area contributed by atoms with E-state index in [2.05, 4.69) is 5.32 Å². The molecule has 1 aliphatic carbocycles. The first-order valence-corrected chi connectivity index (χ1v) is 18.5. The first-order valence-electron chi connectivity index (χ1n) is 15.8. The average molecular weight is 668 g/mol. The number of hydrogen-bond acceptors (Lipinski definition) is 7. The predicted molar refractivity (Wildman–Crippen MR) is 183 cm³/mol. The molecule has 46 heavy (non-hydrogen) atoms. The molecule has 3 aromatic rings. The zero-order chi connectivity index (χ0) is 33.1. The standard InChI is InChI=1S/C35H45N3O6S2/c1-5-33(35(40)36-27-12-8-7-9-13-27)37(24-26-11-10-14-30(23-26)43-3)34(39)25-38(28-15-17-29(18-16-28)44-6-2)46(41,42)32-21-19-31(45-4)20-22-32/h10-11,14-23,27,33H,5-9,12-13,24-25H2,1-4H3,(H,36,40)/t33-/m0/s1. The van der Waals surface area contributed by atoms with Crippen LogP contribution in [0.3, 0.4) is 0 Å². The number of nitrogens with one attached hydrogen (secondary N) is 1. The van der Waals surface area contributed by atoms with Crippen LogP contribution in [0, 0.1) is 0 Å². The maximum absolute atomic E-state index is 14.4. The van der Waals surface area contributed by atoms with E-state index in [0.29, 0.717) is 30.2 Å². The fourth-order valence-electron chi connectivity index (χ4n) is 5.71. The Morgan fingerprint density at radius 3 is 2.26 bits per heavy atom. The number of thioether (sulfide) groups is 1. The second-order valence-electron chi connectivity index (χ2n) is 11.3.